The third-order valence-electron chi connectivity index (χ3n) is 12.3. The minimum atomic E-state index is -0.141. The third kappa shape index (κ3) is 5.87. The topological polar surface area (TPSA) is 25.8 Å². The monoisotopic (exact) mass is 752 g/mol. The van der Waals surface area contributed by atoms with E-state index in [4.69, 9.17) is 9.97 Å². The quantitative estimate of drug-likeness (QED) is 0.169. The first-order chi connectivity index (χ1) is 29.0. The van der Waals surface area contributed by atoms with Gasteiger partial charge < -0.3 is 0 Å². The van der Waals surface area contributed by atoms with Crippen molar-refractivity contribution < 1.29 is 0 Å². The van der Waals surface area contributed by atoms with E-state index in [1.807, 2.05) is 0 Å². The summed E-state index contributed by atoms with van der Waals surface area (Å²) < 4.78 is 0. The first-order valence-corrected chi connectivity index (χ1v) is 20.4. The number of hydrogen-bond donors (Lipinski definition) is 0. The molecule has 2 nitrogen and oxygen atoms in total. The Balaban J connectivity index is 1.12. The summed E-state index contributed by atoms with van der Waals surface area (Å²) in [4.78, 5) is 10.8. The van der Waals surface area contributed by atoms with Crippen LogP contribution in [-0.2, 0) is 5.41 Å². The lowest BCUT2D eigenvalue weighted by Gasteiger charge is -2.23. The highest BCUT2D eigenvalue weighted by Crippen LogP contribution is 2.55. The molecule has 59 heavy (non-hydrogen) atoms. The van der Waals surface area contributed by atoms with Crippen molar-refractivity contribution in [1.82, 2.24) is 9.97 Å². The van der Waals surface area contributed by atoms with E-state index in [0.29, 0.717) is 5.82 Å². The van der Waals surface area contributed by atoms with Gasteiger partial charge in [0.15, 0.2) is 5.82 Å². The predicted octanol–water partition coefficient (Wildman–Crippen LogP) is 15.1. The van der Waals surface area contributed by atoms with E-state index >= 15 is 0 Å². The maximum atomic E-state index is 5.45. The van der Waals surface area contributed by atoms with Crippen molar-refractivity contribution in [3.63, 3.8) is 0 Å². The van der Waals surface area contributed by atoms with Gasteiger partial charge in [0, 0.05) is 22.1 Å². The Morgan fingerprint density at radius 3 is 1.51 bits per heavy atom. The molecule has 0 saturated heterocycles. The second-order valence-electron chi connectivity index (χ2n) is 16.1. The highest BCUT2D eigenvalue weighted by atomic mass is 14.9. The molecule has 11 rings (SSSR count). The van der Waals surface area contributed by atoms with Crippen LogP contribution in [0.3, 0.4) is 0 Å². The van der Waals surface area contributed by atoms with Gasteiger partial charge in [0.1, 0.15) is 0 Å². The standard InChI is InChI=1S/C57H40N2/c1-57(2)51-28-16-27-48(54(51)50-30-29-39-21-12-13-24-44(39)55(50)57)47-31-32-49(46-26-15-14-25-45(46)47)56-58-52(40-22-10-5-11-23-40)36-53(59-56)43-34-41(37-17-6-3-7-18-37)33-42(35-43)38-19-8-4-9-20-38/h3-36H,1-2H3. The number of aromatic nitrogens is 2. The molecule has 2 heteroatoms. The summed E-state index contributed by atoms with van der Waals surface area (Å²) in [6.45, 7) is 4.75. The van der Waals surface area contributed by atoms with Crippen LogP contribution in [0.5, 0.6) is 0 Å². The summed E-state index contributed by atoms with van der Waals surface area (Å²) in [5, 5.41) is 4.91. The molecule has 0 radical (unpaired) electrons. The van der Waals surface area contributed by atoms with E-state index < -0.39 is 0 Å². The van der Waals surface area contributed by atoms with Crippen molar-refractivity contribution in [3.05, 3.63) is 217 Å². The van der Waals surface area contributed by atoms with Crippen molar-refractivity contribution in [1.29, 1.82) is 0 Å². The van der Waals surface area contributed by atoms with Crippen molar-refractivity contribution in [2.75, 3.05) is 0 Å². The zero-order valence-electron chi connectivity index (χ0n) is 33.0. The molecule has 1 aromatic heterocycles. The maximum Gasteiger partial charge on any atom is 0.161 e. The highest BCUT2D eigenvalue weighted by Gasteiger charge is 2.38. The number of fused-ring (bicyclic) bond motifs is 6. The lowest BCUT2D eigenvalue weighted by atomic mass is 9.80. The minimum absolute atomic E-state index is 0.141. The van der Waals surface area contributed by atoms with Gasteiger partial charge >= 0.3 is 0 Å². The van der Waals surface area contributed by atoms with Gasteiger partial charge in [-0.1, -0.05) is 190 Å². The van der Waals surface area contributed by atoms with E-state index in [2.05, 4.69) is 220 Å². The molecule has 9 aromatic carbocycles. The van der Waals surface area contributed by atoms with Gasteiger partial charge in [0.2, 0.25) is 0 Å². The van der Waals surface area contributed by atoms with Crippen LogP contribution < -0.4 is 0 Å². The number of rotatable bonds is 6. The number of benzene rings is 9. The highest BCUT2D eigenvalue weighted by molar-refractivity contribution is 6.09. The summed E-state index contributed by atoms with van der Waals surface area (Å²) in [6.07, 6.45) is 0. The molecular formula is C57H40N2. The molecule has 0 spiro atoms. The normalized spacial score (nSPS) is 12.7. The average Bonchev–Trinajstić information content (AvgIpc) is 3.55. The van der Waals surface area contributed by atoms with Crippen LogP contribution in [0.2, 0.25) is 0 Å². The summed E-state index contributed by atoms with van der Waals surface area (Å²) >= 11 is 0. The summed E-state index contributed by atoms with van der Waals surface area (Å²) in [7, 11) is 0. The number of nitrogens with zero attached hydrogens (tertiary/aromatic N) is 2. The van der Waals surface area contributed by atoms with Crippen LogP contribution in [0.15, 0.2) is 206 Å². The Morgan fingerprint density at radius 1 is 0.339 bits per heavy atom. The van der Waals surface area contributed by atoms with Crippen molar-refractivity contribution in [2.45, 2.75) is 19.3 Å². The van der Waals surface area contributed by atoms with Gasteiger partial charge in [-0.25, -0.2) is 9.97 Å². The molecule has 0 fully saturated rings. The van der Waals surface area contributed by atoms with Crippen LogP contribution in [0.4, 0.5) is 0 Å². The van der Waals surface area contributed by atoms with E-state index in [1.165, 1.54) is 49.5 Å². The Hall–Kier alpha value is -7.42. The van der Waals surface area contributed by atoms with Crippen LogP contribution in [0.25, 0.3) is 100.0 Å². The van der Waals surface area contributed by atoms with E-state index in [-0.39, 0.29) is 5.41 Å². The Morgan fingerprint density at radius 2 is 0.847 bits per heavy atom. The van der Waals surface area contributed by atoms with Gasteiger partial charge in [0.25, 0.3) is 0 Å². The predicted molar refractivity (Wildman–Crippen MR) is 247 cm³/mol. The lowest BCUT2D eigenvalue weighted by Crippen LogP contribution is -2.15. The van der Waals surface area contributed by atoms with Crippen LogP contribution in [0.1, 0.15) is 25.0 Å². The summed E-state index contributed by atoms with van der Waals surface area (Å²) in [5.41, 5.74) is 17.2. The molecular weight excluding hydrogens is 713 g/mol. The second-order valence-corrected chi connectivity index (χ2v) is 16.1. The van der Waals surface area contributed by atoms with Gasteiger partial charge in [-0.2, -0.15) is 0 Å². The molecule has 10 aromatic rings. The fourth-order valence-corrected chi connectivity index (χ4v) is 9.45. The molecule has 0 N–H and O–H groups in total. The van der Waals surface area contributed by atoms with Crippen LogP contribution >= 0.6 is 0 Å². The Kier molecular flexibility index (Phi) is 8.20. The molecule has 1 heterocycles. The fourth-order valence-electron chi connectivity index (χ4n) is 9.45. The van der Waals surface area contributed by atoms with Crippen LogP contribution in [-0.4, -0.2) is 9.97 Å². The van der Waals surface area contributed by atoms with Gasteiger partial charge in [-0.3, -0.25) is 0 Å². The molecule has 278 valence electrons. The molecule has 1 aliphatic carbocycles. The van der Waals surface area contributed by atoms with Crippen molar-refractivity contribution in [2.24, 2.45) is 0 Å². The largest absolute Gasteiger partial charge is 0.228 e. The first-order valence-electron chi connectivity index (χ1n) is 20.4. The van der Waals surface area contributed by atoms with E-state index in [1.54, 1.807) is 0 Å². The van der Waals surface area contributed by atoms with Gasteiger partial charge in [-0.05, 0) is 108 Å². The zero-order valence-corrected chi connectivity index (χ0v) is 33.0. The molecule has 0 saturated carbocycles. The summed E-state index contributed by atoms with van der Waals surface area (Å²) in [6, 6.07) is 74.2. The molecule has 0 amide bonds. The van der Waals surface area contributed by atoms with E-state index in [9.17, 15) is 0 Å². The maximum absolute atomic E-state index is 5.45. The number of hydrogen-bond acceptors (Lipinski definition) is 2. The lowest BCUT2D eigenvalue weighted by molar-refractivity contribution is 0.666. The Bertz CT molecular complexity index is 3160. The molecule has 1 aliphatic rings. The fraction of sp³-hybridized carbons (Fsp3) is 0.0526. The van der Waals surface area contributed by atoms with Crippen molar-refractivity contribution >= 4 is 21.5 Å². The second kappa shape index (κ2) is 13.9. The third-order valence-corrected chi connectivity index (χ3v) is 12.3. The molecule has 0 atom stereocenters. The van der Waals surface area contributed by atoms with Gasteiger partial charge in [-0.15, -0.1) is 0 Å². The first kappa shape index (κ1) is 34.8. The van der Waals surface area contributed by atoms with Gasteiger partial charge in [0.05, 0.1) is 11.4 Å². The summed E-state index contributed by atoms with van der Waals surface area (Å²) in [5.74, 6) is 0.701. The molecule has 0 unspecified atom stereocenters. The Labute approximate surface area is 345 Å². The SMILES string of the molecule is CC1(C)c2cccc(-c3ccc(-c4nc(-c5ccccc5)cc(-c5cc(-c6ccccc6)cc(-c6ccccc6)c5)n4)c4ccccc34)c2-c2ccc3ccccc3c21. The van der Waals surface area contributed by atoms with Crippen molar-refractivity contribution in [3.8, 4) is 78.4 Å². The minimum Gasteiger partial charge on any atom is -0.228 e. The molecule has 0 aliphatic heterocycles. The van der Waals surface area contributed by atoms with E-state index in [0.717, 1.165) is 55.7 Å². The smallest absolute Gasteiger partial charge is 0.161 e. The van der Waals surface area contributed by atoms with Crippen LogP contribution in [0, 0.1) is 0 Å². The molecule has 0 bridgehead atoms. The zero-order chi connectivity index (χ0) is 39.5. The average molecular weight is 753 g/mol.